The van der Waals surface area contributed by atoms with E-state index in [2.05, 4.69) is 25.0 Å². The minimum absolute atomic E-state index is 0.741. The van der Waals surface area contributed by atoms with Gasteiger partial charge in [0.15, 0.2) is 0 Å². The second-order valence-corrected chi connectivity index (χ2v) is 5.70. The first kappa shape index (κ1) is 14.3. The van der Waals surface area contributed by atoms with Crippen molar-refractivity contribution in [3.05, 3.63) is 40.7 Å². The van der Waals surface area contributed by atoms with E-state index < -0.39 is 0 Å². The number of anilines is 1. The Morgan fingerprint density at radius 1 is 1.32 bits per heavy atom. The van der Waals surface area contributed by atoms with Gasteiger partial charge >= 0.3 is 0 Å². The highest BCUT2D eigenvalue weighted by Crippen LogP contribution is 2.31. The quantitative estimate of drug-likeness (QED) is 0.670. The number of aryl methyl sites for hydroxylation is 2. The molecule has 1 aromatic heterocycles. The molecule has 2 N–H and O–H groups in total. The molecule has 0 radical (unpaired) electrons. The molecule has 2 aromatic rings. The number of benzene rings is 1. The Morgan fingerprint density at radius 2 is 2.11 bits per heavy atom. The predicted octanol–water partition coefficient (Wildman–Crippen LogP) is 3.99. The maximum absolute atomic E-state index is 6.17. The second kappa shape index (κ2) is 6.35. The van der Waals surface area contributed by atoms with Crippen LogP contribution in [-0.4, -0.2) is 9.78 Å². The van der Waals surface area contributed by atoms with Gasteiger partial charge in [0.1, 0.15) is 0 Å². The van der Waals surface area contributed by atoms with Crippen LogP contribution in [0.2, 0.25) is 5.02 Å². The third kappa shape index (κ3) is 3.45. The van der Waals surface area contributed by atoms with Gasteiger partial charge in [0, 0.05) is 28.6 Å². The van der Waals surface area contributed by atoms with Crippen molar-refractivity contribution in [2.24, 2.45) is 0 Å². The highest BCUT2D eigenvalue weighted by molar-refractivity contribution is 7.98. The fraction of sp³-hybridized carbons (Fsp3) is 0.357. The molecule has 0 atom stereocenters. The van der Waals surface area contributed by atoms with E-state index in [9.17, 15) is 0 Å². The smallest absolute Gasteiger partial charge is 0.0625 e. The number of thioether (sulfide) groups is 1. The van der Waals surface area contributed by atoms with Gasteiger partial charge < -0.3 is 5.73 Å². The zero-order chi connectivity index (χ0) is 13.8. The van der Waals surface area contributed by atoms with Crippen LogP contribution in [0.3, 0.4) is 0 Å². The van der Waals surface area contributed by atoms with Crippen LogP contribution in [0.25, 0.3) is 0 Å². The van der Waals surface area contributed by atoms with E-state index >= 15 is 0 Å². The summed E-state index contributed by atoms with van der Waals surface area (Å²) in [5.74, 6) is 0.851. The van der Waals surface area contributed by atoms with Gasteiger partial charge in [0.05, 0.1) is 10.7 Å². The molecule has 0 fully saturated rings. The summed E-state index contributed by atoms with van der Waals surface area (Å²) in [7, 11) is 0. The van der Waals surface area contributed by atoms with Crippen molar-refractivity contribution in [3.63, 3.8) is 0 Å². The van der Waals surface area contributed by atoms with Gasteiger partial charge in [-0.3, -0.25) is 4.68 Å². The van der Waals surface area contributed by atoms with E-state index in [1.54, 1.807) is 11.8 Å². The van der Waals surface area contributed by atoms with E-state index in [1.807, 2.05) is 22.9 Å². The van der Waals surface area contributed by atoms with Crippen LogP contribution < -0.4 is 5.73 Å². The Morgan fingerprint density at radius 3 is 2.79 bits per heavy atom. The first-order chi connectivity index (χ1) is 9.13. The van der Waals surface area contributed by atoms with Gasteiger partial charge in [-0.05, 0) is 37.6 Å². The van der Waals surface area contributed by atoms with Crippen LogP contribution in [0.1, 0.15) is 25.2 Å². The number of rotatable bonds is 5. The number of hydrogen-bond acceptors (Lipinski definition) is 3. The van der Waals surface area contributed by atoms with E-state index in [1.165, 1.54) is 5.69 Å². The summed E-state index contributed by atoms with van der Waals surface area (Å²) in [5.41, 5.74) is 8.89. The maximum Gasteiger partial charge on any atom is 0.0625 e. The molecule has 1 aromatic carbocycles. The zero-order valence-electron chi connectivity index (χ0n) is 11.2. The minimum atomic E-state index is 0.741. The lowest BCUT2D eigenvalue weighted by atomic mass is 10.3. The summed E-state index contributed by atoms with van der Waals surface area (Å²) in [6.45, 7) is 5.11. The normalized spacial score (nSPS) is 10.9. The van der Waals surface area contributed by atoms with Crippen molar-refractivity contribution in [3.8, 4) is 0 Å². The average Bonchev–Trinajstić information content (AvgIpc) is 2.82. The number of nitrogen functional groups attached to an aromatic ring is 1. The van der Waals surface area contributed by atoms with Crippen molar-refractivity contribution < 1.29 is 0 Å². The number of nitrogens with zero attached hydrogens (tertiary/aromatic N) is 2. The van der Waals surface area contributed by atoms with Crippen LogP contribution in [0.4, 0.5) is 5.69 Å². The lowest BCUT2D eigenvalue weighted by Gasteiger charge is -2.06. The molecule has 102 valence electrons. The average molecular weight is 296 g/mol. The second-order valence-electron chi connectivity index (χ2n) is 4.27. The molecule has 0 aliphatic rings. The molecular weight excluding hydrogens is 278 g/mol. The first-order valence-electron chi connectivity index (χ1n) is 6.37. The van der Waals surface area contributed by atoms with Crippen LogP contribution in [0.15, 0.2) is 29.2 Å². The Kier molecular flexibility index (Phi) is 4.77. The summed E-state index contributed by atoms with van der Waals surface area (Å²) in [6.07, 6.45) is 0.962. The number of hydrogen-bond donors (Lipinski definition) is 1. The number of nitrogens with two attached hydrogens (primary N) is 1. The molecule has 0 saturated heterocycles. The summed E-state index contributed by atoms with van der Waals surface area (Å²) in [4.78, 5) is 1.02. The molecule has 0 unspecified atom stereocenters. The van der Waals surface area contributed by atoms with Crippen molar-refractivity contribution in [2.75, 3.05) is 5.73 Å². The molecular formula is C14H18ClN3S. The maximum atomic E-state index is 6.17. The zero-order valence-corrected chi connectivity index (χ0v) is 12.8. The molecule has 1 heterocycles. The highest BCUT2D eigenvalue weighted by Gasteiger charge is 2.08. The predicted molar refractivity (Wildman–Crippen MR) is 82.7 cm³/mol. The standard InChI is InChI=1S/C14H18ClN3S/c1-3-11-8-12(18(4-2)17-11)9-19-14-7-10(16)5-6-13(14)15/h5-8H,3-4,9,16H2,1-2H3. The van der Waals surface area contributed by atoms with E-state index in [0.717, 1.165) is 40.0 Å². The molecule has 0 spiro atoms. The van der Waals surface area contributed by atoms with E-state index in [0.29, 0.717) is 0 Å². The van der Waals surface area contributed by atoms with Crippen LogP contribution in [0, 0.1) is 0 Å². The molecule has 19 heavy (non-hydrogen) atoms. The van der Waals surface area contributed by atoms with Gasteiger partial charge in [0.25, 0.3) is 0 Å². The van der Waals surface area contributed by atoms with Gasteiger partial charge in [-0.15, -0.1) is 11.8 Å². The first-order valence-corrected chi connectivity index (χ1v) is 7.73. The largest absolute Gasteiger partial charge is 0.399 e. The fourth-order valence-electron chi connectivity index (χ4n) is 1.86. The monoisotopic (exact) mass is 295 g/mol. The minimum Gasteiger partial charge on any atom is -0.399 e. The lowest BCUT2D eigenvalue weighted by molar-refractivity contribution is 0.628. The Hall–Kier alpha value is -1.13. The van der Waals surface area contributed by atoms with E-state index in [-0.39, 0.29) is 0 Å². The van der Waals surface area contributed by atoms with Crippen LogP contribution in [0.5, 0.6) is 0 Å². The van der Waals surface area contributed by atoms with Crippen molar-refractivity contribution in [2.45, 2.75) is 37.5 Å². The van der Waals surface area contributed by atoms with Crippen LogP contribution >= 0.6 is 23.4 Å². The molecule has 0 aliphatic heterocycles. The molecule has 0 bridgehead atoms. The Labute approximate surface area is 123 Å². The molecule has 0 saturated carbocycles. The van der Waals surface area contributed by atoms with Gasteiger partial charge in [-0.1, -0.05) is 18.5 Å². The summed E-state index contributed by atoms with van der Waals surface area (Å²) in [5, 5.41) is 5.29. The third-order valence-electron chi connectivity index (χ3n) is 2.91. The number of halogens is 1. The van der Waals surface area contributed by atoms with E-state index in [4.69, 9.17) is 17.3 Å². The topological polar surface area (TPSA) is 43.8 Å². The van der Waals surface area contributed by atoms with Crippen molar-refractivity contribution in [1.82, 2.24) is 9.78 Å². The summed E-state index contributed by atoms with van der Waals surface area (Å²) >= 11 is 7.86. The third-order valence-corrected chi connectivity index (χ3v) is 4.44. The van der Waals surface area contributed by atoms with Gasteiger partial charge in [0.2, 0.25) is 0 Å². The Balaban J connectivity index is 2.13. The molecule has 0 amide bonds. The number of aromatic nitrogens is 2. The molecule has 0 aliphatic carbocycles. The van der Waals surface area contributed by atoms with Crippen molar-refractivity contribution in [1.29, 1.82) is 0 Å². The van der Waals surface area contributed by atoms with Crippen molar-refractivity contribution >= 4 is 29.1 Å². The van der Waals surface area contributed by atoms with Gasteiger partial charge in [-0.25, -0.2) is 0 Å². The van der Waals surface area contributed by atoms with Gasteiger partial charge in [-0.2, -0.15) is 5.10 Å². The lowest BCUT2D eigenvalue weighted by Crippen LogP contribution is -2.01. The molecule has 5 heteroatoms. The summed E-state index contributed by atoms with van der Waals surface area (Å²) in [6, 6.07) is 7.74. The van der Waals surface area contributed by atoms with Crippen LogP contribution in [-0.2, 0) is 18.7 Å². The fourth-order valence-corrected chi connectivity index (χ4v) is 3.10. The molecule has 2 rings (SSSR count). The summed E-state index contributed by atoms with van der Waals surface area (Å²) < 4.78 is 2.05. The SMILES string of the molecule is CCc1cc(CSc2cc(N)ccc2Cl)n(CC)n1. The highest BCUT2D eigenvalue weighted by atomic mass is 35.5. The Bertz CT molecular complexity index is 566. The molecule has 3 nitrogen and oxygen atoms in total.